The highest BCUT2D eigenvalue weighted by Gasteiger charge is 2.56. The maximum Gasteiger partial charge on any atom is 0.508 e. The molecule has 1 rings (SSSR count). The van der Waals surface area contributed by atoms with Crippen LogP contribution in [0.1, 0.15) is 6.42 Å². The lowest BCUT2D eigenvalue weighted by Crippen LogP contribution is -2.68. The van der Waals surface area contributed by atoms with E-state index in [1.807, 2.05) is 36.9 Å². The molecule has 5 radical (unpaired) electrons. The van der Waals surface area contributed by atoms with Crippen molar-refractivity contribution in [2.75, 3.05) is 6.54 Å². The van der Waals surface area contributed by atoms with Crippen LogP contribution in [-0.2, 0) is 20.6 Å². The molecule has 0 aliphatic carbocycles. The van der Waals surface area contributed by atoms with Crippen molar-refractivity contribution in [3.8, 4) is 0 Å². The van der Waals surface area contributed by atoms with E-state index in [2.05, 4.69) is 49.8 Å². The molecule has 2 N–H and O–H groups in total. The Balaban J connectivity index is 3.49. The summed E-state index contributed by atoms with van der Waals surface area (Å²) in [6.07, 6.45) is 0.760. The van der Waals surface area contributed by atoms with Gasteiger partial charge in [-0.15, -0.1) is 0 Å². The molecule has 0 saturated heterocycles. The minimum Gasteiger partial charge on any atom is -0.417 e. The summed E-state index contributed by atoms with van der Waals surface area (Å²) in [5.41, 5.74) is 5.85. The van der Waals surface area contributed by atoms with E-state index in [4.69, 9.17) is 26.3 Å². The molecule has 157 valence electrons. The van der Waals surface area contributed by atoms with Gasteiger partial charge in [-0.2, -0.15) is 0 Å². The first-order valence-corrected chi connectivity index (χ1v) is 21.8. The van der Waals surface area contributed by atoms with E-state index in [1.54, 1.807) is 0 Å². The first-order chi connectivity index (χ1) is 12.9. The second kappa shape index (κ2) is 11.1. The van der Waals surface area contributed by atoms with Crippen LogP contribution in [0, 0.1) is 0 Å². The lowest BCUT2D eigenvalue weighted by molar-refractivity contribution is 0.192. The average molecular weight is 489 g/mol. The fourth-order valence-electron chi connectivity index (χ4n) is 2.69. The van der Waals surface area contributed by atoms with Crippen LogP contribution >= 0.6 is 0 Å². The minimum absolute atomic E-state index is 0.196. The van der Waals surface area contributed by atoms with Gasteiger partial charge >= 0.3 is 17.6 Å². The van der Waals surface area contributed by atoms with Crippen LogP contribution in [0.5, 0.6) is 0 Å². The molecule has 0 aliphatic rings. The number of hydrogen-bond acceptors (Lipinski definition) is 6. The van der Waals surface area contributed by atoms with Crippen LogP contribution in [0.2, 0.25) is 51.9 Å². The number of rotatable bonds is 13. The molecule has 12 heteroatoms. The van der Waals surface area contributed by atoms with Crippen LogP contribution in [-0.4, -0.2) is 61.0 Å². The highest BCUT2D eigenvalue weighted by molar-refractivity contribution is 6.92. The van der Waals surface area contributed by atoms with Gasteiger partial charge in [0, 0.05) is 11.2 Å². The first kappa shape index (κ1) is 26.3. The van der Waals surface area contributed by atoms with Crippen molar-refractivity contribution in [2.45, 2.75) is 58.3 Å². The normalized spacial score (nSPS) is 15.5. The Morgan fingerprint density at radius 1 is 0.929 bits per heavy atom. The molecule has 0 heterocycles. The van der Waals surface area contributed by atoms with E-state index in [9.17, 15) is 0 Å². The van der Waals surface area contributed by atoms with Gasteiger partial charge in [-0.1, -0.05) is 30.3 Å². The van der Waals surface area contributed by atoms with Crippen molar-refractivity contribution in [3.05, 3.63) is 30.3 Å². The minimum atomic E-state index is -3.29. The highest BCUT2D eigenvalue weighted by Crippen LogP contribution is 2.30. The Labute approximate surface area is 180 Å². The van der Waals surface area contributed by atoms with Gasteiger partial charge in [0.15, 0.2) is 16.6 Å². The van der Waals surface area contributed by atoms with Crippen molar-refractivity contribution < 1.29 is 20.6 Å². The molecule has 1 unspecified atom stereocenters. The fourth-order valence-corrected chi connectivity index (χ4v) is 20.0. The van der Waals surface area contributed by atoms with Crippen molar-refractivity contribution in [1.29, 1.82) is 0 Å². The predicted molar refractivity (Wildman–Crippen MR) is 126 cm³/mol. The standard InChI is InChI=1S/C16H34NO5Si6/c1-24-19-28(18-23,16-12-9-8-10-13-16)22-27(15-11-14-17,20-25(2,3)4)21-26(5,6)7/h8-10,12-13H,11,14-15,17H2,1-7H3. The molecule has 0 bridgehead atoms. The Kier molecular flexibility index (Phi) is 10.4. The van der Waals surface area contributed by atoms with Crippen LogP contribution < -0.4 is 10.9 Å². The molecule has 0 aromatic heterocycles. The van der Waals surface area contributed by atoms with Gasteiger partial charge in [-0.05, 0) is 58.8 Å². The monoisotopic (exact) mass is 488 g/mol. The first-order valence-electron chi connectivity index (χ1n) is 9.46. The van der Waals surface area contributed by atoms with E-state index in [-0.39, 0.29) is 9.76 Å². The predicted octanol–water partition coefficient (Wildman–Crippen LogP) is 2.62. The Hall–Kier alpha value is 0.281. The Morgan fingerprint density at radius 3 is 1.86 bits per heavy atom. The summed E-state index contributed by atoms with van der Waals surface area (Å²) >= 11 is 0. The third kappa shape index (κ3) is 8.57. The van der Waals surface area contributed by atoms with E-state index in [0.717, 1.165) is 11.6 Å². The molecule has 0 aliphatic heterocycles. The van der Waals surface area contributed by atoms with Gasteiger partial charge in [0.2, 0.25) is 20.2 Å². The topological polar surface area (TPSA) is 72.2 Å². The molecule has 0 fully saturated rings. The molecular formula is C16H34NO5Si6. The van der Waals surface area contributed by atoms with Crippen LogP contribution in [0.25, 0.3) is 0 Å². The second-order valence-electron chi connectivity index (χ2n) is 8.44. The van der Waals surface area contributed by atoms with E-state index >= 15 is 0 Å². The number of hydrogen-bond donors (Lipinski definition) is 1. The molecule has 6 nitrogen and oxygen atoms in total. The summed E-state index contributed by atoms with van der Waals surface area (Å²) in [5, 5.41) is 0.877. The zero-order valence-electron chi connectivity index (χ0n) is 18.1. The molecular weight excluding hydrogens is 455 g/mol. The molecule has 0 spiro atoms. The zero-order valence-corrected chi connectivity index (χ0v) is 24.1. The van der Waals surface area contributed by atoms with E-state index in [0.29, 0.717) is 12.6 Å². The molecule has 0 saturated carbocycles. The molecule has 1 aromatic rings. The van der Waals surface area contributed by atoms with E-state index < -0.39 is 34.2 Å². The summed E-state index contributed by atoms with van der Waals surface area (Å²) in [4.78, 5) is 0. The maximum absolute atomic E-state index is 6.82. The SMILES string of the molecule is C[Si]O[Si](O[Si])(O[Si](CCCN)(O[Si](C)(C)C)O[Si](C)(C)C)c1ccccc1. The van der Waals surface area contributed by atoms with E-state index in [1.165, 1.54) is 0 Å². The summed E-state index contributed by atoms with van der Waals surface area (Å²) in [5.74, 6) is 0. The van der Waals surface area contributed by atoms with Crippen LogP contribution in [0.3, 0.4) is 0 Å². The Bertz CT molecular complexity index is 567. The number of nitrogens with two attached hydrogens (primary N) is 1. The molecule has 28 heavy (non-hydrogen) atoms. The second-order valence-corrected chi connectivity index (χ2v) is 24.9. The fraction of sp³-hybridized carbons (Fsp3) is 0.625. The molecule has 0 amide bonds. The Morgan fingerprint density at radius 2 is 1.46 bits per heavy atom. The largest absolute Gasteiger partial charge is 0.508 e. The van der Waals surface area contributed by atoms with Crippen LogP contribution in [0.4, 0.5) is 0 Å². The van der Waals surface area contributed by atoms with Crippen molar-refractivity contribution in [2.24, 2.45) is 5.73 Å². The summed E-state index contributed by atoms with van der Waals surface area (Å²) < 4.78 is 32.2. The van der Waals surface area contributed by atoms with Crippen molar-refractivity contribution in [1.82, 2.24) is 0 Å². The smallest absolute Gasteiger partial charge is 0.417 e. The number of benzene rings is 1. The molecule has 1 atom stereocenters. The maximum atomic E-state index is 6.82. The van der Waals surface area contributed by atoms with Gasteiger partial charge in [-0.3, -0.25) is 0 Å². The van der Waals surface area contributed by atoms with Gasteiger partial charge < -0.3 is 26.3 Å². The van der Waals surface area contributed by atoms with Crippen LogP contribution in [0.15, 0.2) is 30.3 Å². The van der Waals surface area contributed by atoms with Gasteiger partial charge in [-0.25, -0.2) is 0 Å². The highest BCUT2D eigenvalue weighted by atomic mass is 28.5. The quantitative estimate of drug-likeness (QED) is 0.430. The van der Waals surface area contributed by atoms with Gasteiger partial charge in [0.1, 0.15) is 0 Å². The van der Waals surface area contributed by atoms with Crippen molar-refractivity contribution >= 4 is 59.7 Å². The molecule has 1 aromatic carbocycles. The van der Waals surface area contributed by atoms with Gasteiger partial charge in [0.25, 0.3) is 0 Å². The zero-order chi connectivity index (χ0) is 21.5. The summed E-state index contributed by atoms with van der Waals surface area (Å²) in [6, 6.07) is 10.5. The third-order valence-electron chi connectivity index (χ3n) is 3.40. The van der Waals surface area contributed by atoms with Crippen molar-refractivity contribution in [3.63, 3.8) is 0 Å². The average Bonchev–Trinajstić information content (AvgIpc) is 2.57. The third-order valence-corrected chi connectivity index (χ3v) is 18.1. The van der Waals surface area contributed by atoms with Gasteiger partial charge in [0.05, 0.1) is 0 Å². The lowest BCUT2D eigenvalue weighted by atomic mass is 10.4. The summed E-state index contributed by atoms with van der Waals surface area (Å²) in [7, 11) is -6.93. The summed E-state index contributed by atoms with van der Waals surface area (Å²) in [6.45, 7) is 15.4. The lowest BCUT2D eigenvalue weighted by Gasteiger charge is -2.44.